The van der Waals surface area contributed by atoms with Gasteiger partial charge in [-0.25, -0.2) is 0 Å². The fraction of sp³-hybridized carbons (Fsp3) is 0.231. The molecule has 0 aliphatic rings. The van der Waals surface area contributed by atoms with Gasteiger partial charge < -0.3 is 5.11 Å². The molecule has 3 nitrogen and oxygen atoms in total. The molecule has 4 heteroatoms. The van der Waals surface area contributed by atoms with E-state index in [1.54, 1.807) is 6.07 Å². The molecule has 0 fully saturated rings. The molecular weight excluding hydrogens is 238 g/mol. The van der Waals surface area contributed by atoms with Crippen molar-refractivity contribution in [3.05, 3.63) is 35.0 Å². The number of phenolic OH excluding ortho intramolecular Hbond substituents is 1. The number of phenols is 1. The van der Waals surface area contributed by atoms with Gasteiger partial charge in [-0.15, -0.1) is 0 Å². The second kappa shape index (κ2) is 4.72. The fourth-order valence-electron chi connectivity index (χ4n) is 1.70. The minimum absolute atomic E-state index is 0.0000231. The van der Waals surface area contributed by atoms with E-state index in [4.69, 9.17) is 11.6 Å². The highest BCUT2D eigenvalue weighted by molar-refractivity contribution is 6.38. The number of benzene rings is 1. The van der Waals surface area contributed by atoms with Gasteiger partial charge in [0.1, 0.15) is 5.75 Å². The summed E-state index contributed by atoms with van der Waals surface area (Å²) in [6.45, 7) is 1.94. The van der Waals surface area contributed by atoms with E-state index in [-0.39, 0.29) is 11.5 Å². The maximum Gasteiger partial charge on any atom is 0.165 e. The third kappa shape index (κ3) is 2.24. The molecule has 0 radical (unpaired) electrons. The van der Waals surface area contributed by atoms with Gasteiger partial charge in [0, 0.05) is 24.1 Å². The largest absolute Gasteiger partial charge is 0.508 e. The van der Waals surface area contributed by atoms with Crippen LogP contribution in [0, 0.1) is 0 Å². The van der Waals surface area contributed by atoms with Gasteiger partial charge in [0.05, 0.1) is 16.1 Å². The second-order valence-electron chi connectivity index (χ2n) is 3.86. The van der Waals surface area contributed by atoms with Crippen molar-refractivity contribution in [2.75, 3.05) is 0 Å². The van der Waals surface area contributed by atoms with Crippen molar-refractivity contribution < 1.29 is 9.90 Å². The lowest BCUT2D eigenvalue weighted by atomic mass is 10.1. The summed E-state index contributed by atoms with van der Waals surface area (Å²) in [5.41, 5.74) is 1.04. The summed E-state index contributed by atoms with van der Waals surface area (Å²) in [7, 11) is 0. The van der Waals surface area contributed by atoms with Gasteiger partial charge in [0.25, 0.3) is 0 Å². The molecule has 0 aliphatic heterocycles. The van der Waals surface area contributed by atoms with Gasteiger partial charge in [-0.3, -0.25) is 9.78 Å². The molecule has 2 aromatic rings. The van der Waals surface area contributed by atoms with Crippen molar-refractivity contribution in [2.24, 2.45) is 0 Å². The van der Waals surface area contributed by atoms with Crippen LogP contribution in [0.3, 0.4) is 0 Å². The predicted molar refractivity (Wildman–Crippen MR) is 67.7 cm³/mol. The van der Waals surface area contributed by atoms with E-state index in [9.17, 15) is 9.90 Å². The van der Waals surface area contributed by atoms with Gasteiger partial charge in [-0.1, -0.05) is 18.5 Å². The Bertz CT molecular complexity index is 581. The molecule has 2 rings (SSSR count). The molecule has 0 bridgehead atoms. The second-order valence-corrected chi connectivity index (χ2v) is 4.24. The molecule has 88 valence electrons. The van der Waals surface area contributed by atoms with Crippen molar-refractivity contribution in [1.82, 2.24) is 4.98 Å². The molecule has 0 saturated heterocycles. The van der Waals surface area contributed by atoms with Gasteiger partial charge in [-0.2, -0.15) is 0 Å². The van der Waals surface area contributed by atoms with Gasteiger partial charge in [-0.05, 0) is 18.6 Å². The average Bonchev–Trinajstić information content (AvgIpc) is 2.29. The van der Waals surface area contributed by atoms with Crippen LogP contribution in [-0.4, -0.2) is 15.9 Å². The van der Waals surface area contributed by atoms with Crippen LogP contribution in [0.15, 0.2) is 24.4 Å². The summed E-state index contributed by atoms with van der Waals surface area (Å²) < 4.78 is 0. The van der Waals surface area contributed by atoms with Crippen LogP contribution in [0.4, 0.5) is 0 Å². The van der Waals surface area contributed by atoms with E-state index in [0.29, 0.717) is 27.9 Å². The van der Waals surface area contributed by atoms with Crippen molar-refractivity contribution in [2.45, 2.75) is 19.8 Å². The number of rotatable bonds is 3. The molecule has 17 heavy (non-hydrogen) atoms. The first-order valence-corrected chi connectivity index (χ1v) is 5.81. The molecule has 0 aliphatic carbocycles. The SMILES string of the molecule is CCCC(=O)c1cnc2cc(O)ccc2c1Cl. The zero-order valence-corrected chi connectivity index (χ0v) is 10.2. The lowest BCUT2D eigenvalue weighted by Crippen LogP contribution is -2.00. The van der Waals surface area contributed by atoms with Gasteiger partial charge in [0.2, 0.25) is 0 Å². The number of Topliss-reactive ketones (excluding diaryl/α,β-unsaturated/α-hetero) is 1. The van der Waals surface area contributed by atoms with E-state index in [2.05, 4.69) is 4.98 Å². The van der Waals surface area contributed by atoms with E-state index in [1.807, 2.05) is 6.92 Å². The van der Waals surface area contributed by atoms with Crippen LogP contribution in [0.1, 0.15) is 30.1 Å². The summed E-state index contributed by atoms with van der Waals surface area (Å²) in [6, 6.07) is 4.72. The zero-order chi connectivity index (χ0) is 12.4. The van der Waals surface area contributed by atoms with Gasteiger partial charge in [0.15, 0.2) is 5.78 Å². The standard InChI is InChI=1S/C13H12ClNO2/c1-2-3-12(17)10-7-15-11-6-8(16)4-5-9(11)13(10)14/h4-7,16H,2-3H2,1H3. The highest BCUT2D eigenvalue weighted by Gasteiger charge is 2.13. The first-order chi connectivity index (χ1) is 8.13. The first kappa shape index (κ1) is 11.9. The summed E-state index contributed by atoms with van der Waals surface area (Å²) >= 11 is 6.18. The molecular formula is C13H12ClNO2. The quantitative estimate of drug-likeness (QED) is 0.846. The number of aromatic hydroxyl groups is 1. The highest BCUT2D eigenvalue weighted by Crippen LogP contribution is 2.28. The van der Waals surface area contributed by atoms with Crippen LogP contribution in [0.2, 0.25) is 5.02 Å². The number of hydrogen-bond acceptors (Lipinski definition) is 3. The van der Waals surface area contributed by atoms with Crippen molar-refractivity contribution in [3.63, 3.8) is 0 Å². The molecule has 1 aromatic carbocycles. The maximum atomic E-state index is 11.8. The lowest BCUT2D eigenvalue weighted by molar-refractivity contribution is 0.0981. The average molecular weight is 250 g/mol. The number of ketones is 1. The van der Waals surface area contributed by atoms with Crippen molar-refractivity contribution in [1.29, 1.82) is 0 Å². The Kier molecular flexibility index (Phi) is 3.29. The number of pyridine rings is 1. The Morgan fingerprint density at radius 3 is 2.94 bits per heavy atom. The van der Waals surface area contributed by atoms with Gasteiger partial charge >= 0.3 is 0 Å². The minimum Gasteiger partial charge on any atom is -0.508 e. The lowest BCUT2D eigenvalue weighted by Gasteiger charge is -2.06. The molecule has 0 amide bonds. The number of hydrogen-bond donors (Lipinski definition) is 1. The summed E-state index contributed by atoms with van der Waals surface area (Å²) in [6.07, 6.45) is 2.72. The zero-order valence-electron chi connectivity index (χ0n) is 9.40. The van der Waals surface area contributed by atoms with E-state index in [0.717, 1.165) is 6.42 Å². The van der Waals surface area contributed by atoms with E-state index >= 15 is 0 Å². The van der Waals surface area contributed by atoms with Crippen molar-refractivity contribution >= 4 is 28.3 Å². The normalized spacial score (nSPS) is 10.7. The molecule has 1 N–H and O–H groups in total. The smallest absolute Gasteiger partial charge is 0.165 e. The van der Waals surface area contributed by atoms with E-state index in [1.165, 1.54) is 18.3 Å². The van der Waals surface area contributed by atoms with Crippen LogP contribution in [0.25, 0.3) is 10.9 Å². The Hall–Kier alpha value is -1.61. The number of carbonyl (C=O) groups excluding carboxylic acids is 1. The third-order valence-electron chi connectivity index (χ3n) is 2.56. The van der Waals surface area contributed by atoms with Crippen molar-refractivity contribution in [3.8, 4) is 5.75 Å². The maximum absolute atomic E-state index is 11.8. The van der Waals surface area contributed by atoms with Crippen LogP contribution >= 0.6 is 11.6 Å². The summed E-state index contributed by atoms with van der Waals surface area (Å²) in [4.78, 5) is 15.9. The number of halogens is 1. The van der Waals surface area contributed by atoms with Crippen LogP contribution < -0.4 is 0 Å². The fourth-order valence-corrected chi connectivity index (χ4v) is 2.02. The Balaban J connectivity index is 2.58. The first-order valence-electron chi connectivity index (χ1n) is 5.44. The topological polar surface area (TPSA) is 50.2 Å². The predicted octanol–water partition coefficient (Wildman–Crippen LogP) is 3.58. The Labute approximate surface area is 104 Å². The molecule has 1 heterocycles. The molecule has 0 saturated carbocycles. The number of fused-ring (bicyclic) bond motifs is 1. The van der Waals surface area contributed by atoms with Crippen LogP contribution in [0.5, 0.6) is 5.75 Å². The monoisotopic (exact) mass is 249 g/mol. The van der Waals surface area contributed by atoms with E-state index < -0.39 is 0 Å². The Morgan fingerprint density at radius 2 is 2.24 bits per heavy atom. The summed E-state index contributed by atoms with van der Waals surface area (Å²) in [5, 5.41) is 10.4. The Morgan fingerprint density at radius 1 is 1.47 bits per heavy atom. The minimum atomic E-state index is -0.0000231. The molecule has 0 unspecified atom stereocenters. The highest BCUT2D eigenvalue weighted by atomic mass is 35.5. The number of aromatic nitrogens is 1. The third-order valence-corrected chi connectivity index (χ3v) is 2.97. The van der Waals surface area contributed by atoms with Crippen LogP contribution in [-0.2, 0) is 0 Å². The molecule has 1 aromatic heterocycles. The summed E-state index contributed by atoms with van der Waals surface area (Å²) in [5.74, 6) is 0.133. The molecule has 0 spiro atoms. The number of carbonyl (C=O) groups is 1. The molecule has 0 atom stereocenters. The number of nitrogens with zero attached hydrogens (tertiary/aromatic N) is 1.